The summed E-state index contributed by atoms with van der Waals surface area (Å²) >= 11 is 0. The fourth-order valence-corrected chi connectivity index (χ4v) is 4.40. The summed E-state index contributed by atoms with van der Waals surface area (Å²) in [4.78, 5) is 11.9. The quantitative estimate of drug-likeness (QED) is 0.496. The highest BCUT2D eigenvalue weighted by atomic mass is 19.4. The highest BCUT2D eigenvalue weighted by Gasteiger charge is 2.53. The SMILES string of the molecule is CCCCCCCc1cc(C(N2NC(=O)CC2(C)C)C(F)(F)F)cc2ccccc12. The lowest BCUT2D eigenvalue weighted by Crippen LogP contribution is -2.51. The molecule has 3 nitrogen and oxygen atoms in total. The van der Waals surface area contributed by atoms with E-state index in [1.54, 1.807) is 26.0 Å². The van der Waals surface area contributed by atoms with Crippen molar-refractivity contribution in [3.8, 4) is 0 Å². The van der Waals surface area contributed by atoms with Crippen LogP contribution >= 0.6 is 0 Å². The molecule has 0 spiro atoms. The van der Waals surface area contributed by atoms with Crippen molar-refractivity contribution in [3.63, 3.8) is 0 Å². The summed E-state index contributed by atoms with van der Waals surface area (Å²) in [5.41, 5.74) is 2.65. The van der Waals surface area contributed by atoms with Gasteiger partial charge in [-0.15, -0.1) is 0 Å². The number of nitrogens with one attached hydrogen (secondary N) is 1. The number of carbonyl (C=O) groups excluding carboxylic acids is 1. The van der Waals surface area contributed by atoms with Crippen molar-refractivity contribution in [1.82, 2.24) is 10.4 Å². The molecule has 1 unspecified atom stereocenters. The number of carbonyl (C=O) groups is 1. The highest BCUT2D eigenvalue weighted by molar-refractivity contribution is 5.86. The number of benzene rings is 2. The molecule has 2 aromatic carbocycles. The largest absolute Gasteiger partial charge is 0.409 e. The van der Waals surface area contributed by atoms with E-state index in [2.05, 4.69) is 12.3 Å². The summed E-state index contributed by atoms with van der Waals surface area (Å²) in [6.45, 7) is 5.49. The van der Waals surface area contributed by atoms with E-state index in [9.17, 15) is 18.0 Å². The van der Waals surface area contributed by atoms with Crippen LogP contribution in [0.5, 0.6) is 0 Å². The second kappa shape index (κ2) is 8.96. The molecule has 1 heterocycles. The summed E-state index contributed by atoms with van der Waals surface area (Å²) in [5, 5.41) is 2.89. The van der Waals surface area contributed by atoms with Gasteiger partial charge < -0.3 is 0 Å². The molecule has 1 fully saturated rings. The van der Waals surface area contributed by atoms with Crippen LogP contribution in [-0.2, 0) is 11.2 Å². The molecule has 3 rings (SSSR count). The minimum atomic E-state index is -4.52. The predicted octanol–water partition coefficient (Wildman–Crippen LogP) is 6.47. The fraction of sp³-hybridized carbons (Fsp3) is 0.542. The van der Waals surface area contributed by atoms with Gasteiger partial charge in [0.25, 0.3) is 0 Å². The van der Waals surface area contributed by atoms with Gasteiger partial charge in [0, 0.05) is 12.0 Å². The minimum absolute atomic E-state index is 0.0391. The molecule has 0 aromatic heterocycles. The van der Waals surface area contributed by atoms with Gasteiger partial charge in [-0.1, -0.05) is 62.9 Å². The van der Waals surface area contributed by atoms with Gasteiger partial charge >= 0.3 is 6.18 Å². The fourth-order valence-electron chi connectivity index (χ4n) is 4.40. The van der Waals surface area contributed by atoms with Crippen LogP contribution < -0.4 is 5.43 Å². The Balaban J connectivity index is 2.00. The first-order chi connectivity index (χ1) is 14.1. The normalized spacial score (nSPS) is 18.0. The first-order valence-electron chi connectivity index (χ1n) is 10.8. The first-order valence-corrected chi connectivity index (χ1v) is 10.8. The van der Waals surface area contributed by atoms with Crippen LogP contribution in [0.15, 0.2) is 36.4 Å². The van der Waals surface area contributed by atoms with Crippen LogP contribution in [0.25, 0.3) is 10.8 Å². The molecule has 164 valence electrons. The van der Waals surface area contributed by atoms with E-state index in [0.717, 1.165) is 53.4 Å². The number of alkyl halides is 3. The average molecular weight is 421 g/mol. The lowest BCUT2D eigenvalue weighted by atomic mass is 9.91. The minimum Gasteiger partial charge on any atom is -0.287 e. The Kier molecular flexibility index (Phi) is 6.75. The Hall–Kier alpha value is -2.08. The Morgan fingerprint density at radius 1 is 1.10 bits per heavy atom. The van der Waals surface area contributed by atoms with Crippen molar-refractivity contribution < 1.29 is 18.0 Å². The van der Waals surface area contributed by atoms with Gasteiger partial charge in [0.1, 0.15) is 0 Å². The van der Waals surface area contributed by atoms with Crippen LogP contribution in [0, 0.1) is 0 Å². The lowest BCUT2D eigenvalue weighted by Gasteiger charge is -2.38. The molecular formula is C24H31F3N2O. The number of unbranched alkanes of at least 4 members (excludes halogenated alkanes) is 4. The van der Waals surface area contributed by atoms with E-state index in [1.807, 2.05) is 24.3 Å². The number of hydrogen-bond donors (Lipinski definition) is 1. The van der Waals surface area contributed by atoms with Crippen molar-refractivity contribution in [2.45, 2.75) is 83.5 Å². The second-order valence-corrected chi connectivity index (χ2v) is 8.90. The van der Waals surface area contributed by atoms with Crippen LogP contribution in [0.1, 0.15) is 76.5 Å². The van der Waals surface area contributed by atoms with E-state index in [0.29, 0.717) is 0 Å². The van der Waals surface area contributed by atoms with E-state index in [4.69, 9.17) is 0 Å². The van der Waals surface area contributed by atoms with Gasteiger partial charge in [-0.05, 0) is 54.7 Å². The van der Waals surface area contributed by atoms with E-state index in [-0.39, 0.29) is 17.9 Å². The molecule has 0 saturated carbocycles. The maximum absolute atomic E-state index is 14.3. The molecule has 30 heavy (non-hydrogen) atoms. The molecule has 1 atom stereocenters. The molecular weight excluding hydrogens is 389 g/mol. The monoisotopic (exact) mass is 420 g/mol. The summed E-state index contributed by atoms with van der Waals surface area (Å²) in [7, 11) is 0. The van der Waals surface area contributed by atoms with Gasteiger partial charge in [-0.2, -0.15) is 18.2 Å². The third-order valence-corrected chi connectivity index (χ3v) is 5.89. The predicted molar refractivity (Wildman–Crippen MR) is 114 cm³/mol. The number of nitrogens with zero attached hydrogens (tertiary/aromatic N) is 1. The third-order valence-electron chi connectivity index (χ3n) is 5.89. The molecule has 0 radical (unpaired) electrons. The molecule has 0 bridgehead atoms. The zero-order valence-electron chi connectivity index (χ0n) is 18.0. The molecule has 1 N–H and O–H groups in total. The number of hydrogen-bond acceptors (Lipinski definition) is 2. The molecule has 1 amide bonds. The standard InChI is InChI=1S/C24H31F3N2O/c1-4-5-6-7-8-11-17-14-19(15-18-12-9-10-13-20(17)18)22(24(25,26)27)29-23(2,3)16-21(30)28-29/h9-10,12-15,22H,4-8,11,16H2,1-3H3,(H,28,30). The smallest absolute Gasteiger partial charge is 0.287 e. The average Bonchev–Trinajstić information content (AvgIpc) is 2.92. The molecule has 1 aliphatic rings. The highest BCUT2D eigenvalue weighted by Crippen LogP contribution is 2.44. The molecule has 6 heteroatoms. The maximum atomic E-state index is 14.3. The number of amides is 1. The molecule has 0 aliphatic carbocycles. The zero-order valence-corrected chi connectivity index (χ0v) is 18.0. The van der Waals surface area contributed by atoms with Gasteiger partial charge in [-0.25, -0.2) is 0 Å². The molecule has 2 aromatic rings. The summed E-state index contributed by atoms with van der Waals surface area (Å²) in [6.07, 6.45) is 1.78. The van der Waals surface area contributed by atoms with Gasteiger partial charge in [-0.3, -0.25) is 10.2 Å². The van der Waals surface area contributed by atoms with Crippen LogP contribution in [0.4, 0.5) is 13.2 Å². The second-order valence-electron chi connectivity index (χ2n) is 8.90. The molecule has 1 saturated heterocycles. The van der Waals surface area contributed by atoms with Gasteiger partial charge in [0.05, 0.1) is 0 Å². The Labute approximate surface area is 176 Å². The third kappa shape index (κ3) is 4.97. The van der Waals surface area contributed by atoms with Crippen LogP contribution in [0.2, 0.25) is 0 Å². The number of hydrazine groups is 1. The molecule has 1 aliphatic heterocycles. The van der Waals surface area contributed by atoms with Crippen molar-refractivity contribution >= 4 is 16.7 Å². The van der Waals surface area contributed by atoms with Crippen LogP contribution in [-0.4, -0.2) is 22.6 Å². The Bertz CT molecular complexity index is 892. The zero-order chi connectivity index (χ0) is 21.9. The van der Waals surface area contributed by atoms with E-state index >= 15 is 0 Å². The lowest BCUT2D eigenvalue weighted by molar-refractivity contribution is -0.203. The number of aryl methyl sites for hydroxylation is 1. The number of rotatable bonds is 8. The summed E-state index contributed by atoms with van der Waals surface area (Å²) in [6, 6.07) is 9.04. The van der Waals surface area contributed by atoms with Crippen molar-refractivity contribution in [2.24, 2.45) is 0 Å². The van der Waals surface area contributed by atoms with E-state index in [1.165, 1.54) is 6.42 Å². The topological polar surface area (TPSA) is 32.3 Å². The van der Waals surface area contributed by atoms with Gasteiger partial charge in [0.2, 0.25) is 5.91 Å². The van der Waals surface area contributed by atoms with Crippen molar-refractivity contribution in [2.75, 3.05) is 0 Å². The van der Waals surface area contributed by atoms with Crippen LogP contribution in [0.3, 0.4) is 0 Å². The Morgan fingerprint density at radius 2 is 1.80 bits per heavy atom. The van der Waals surface area contributed by atoms with E-state index < -0.39 is 17.8 Å². The van der Waals surface area contributed by atoms with Crippen molar-refractivity contribution in [3.05, 3.63) is 47.5 Å². The Morgan fingerprint density at radius 3 is 2.43 bits per heavy atom. The number of halogens is 3. The summed E-state index contributed by atoms with van der Waals surface area (Å²) in [5.74, 6) is -0.383. The maximum Gasteiger partial charge on any atom is 0.409 e. The summed E-state index contributed by atoms with van der Waals surface area (Å²) < 4.78 is 42.8. The van der Waals surface area contributed by atoms with Crippen molar-refractivity contribution in [1.29, 1.82) is 0 Å². The first kappa shape index (κ1) is 22.6. The van der Waals surface area contributed by atoms with Gasteiger partial charge in [0.15, 0.2) is 6.04 Å². The number of fused-ring (bicyclic) bond motifs is 1.